The van der Waals surface area contributed by atoms with Gasteiger partial charge in [0.15, 0.2) is 0 Å². The predicted octanol–water partition coefficient (Wildman–Crippen LogP) is 2.83. The Morgan fingerprint density at radius 2 is 2.20 bits per heavy atom. The summed E-state index contributed by atoms with van der Waals surface area (Å²) < 4.78 is 13.8. The highest BCUT2D eigenvalue weighted by Gasteiger charge is 2.25. The number of aliphatic hydroxyl groups is 1. The molecule has 20 heavy (non-hydrogen) atoms. The molecule has 0 aliphatic rings. The normalized spacial score (nSPS) is 13.8. The first kappa shape index (κ1) is 14.7. The molecular formula is C15H16FNO2S. The van der Waals surface area contributed by atoms with Gasteiger partial charge in [-0.2, -0.15) is 11.3 Å². The summed E-state index contributed by atoms with van der Waals surface area (Å²) in [4.78, 5) is 12.0. The Hall–Kier alpha value is -1.72. The lowest BCUT2D eigenvalue weighted by Crippen LogP contribution is -2.38. The van der Waals surface area contributed by atoms with Crippen molar-refractivity contribution in [3.63, 3.8) is 0 Å². The van der Waals surface area contributed by atoms with E-state index in [1.807, 2.05) is 10.8 Å². The van der Waals surface area contributed by atoms with Crippen LogP contribution in [-0.4, -0.2) is 17.6 Å². The molecule has 0 bridgehead atoms. The number of nitrogens with one attached hydrogen (secondary N) is 1. The van der Waals surface area contributed by atoms with Crippen molar-refractivity contribution < 1.29 is 14.3 Å². The molecule has 1 unspecified atom stereocenters. The second-order valence-electron chi connectivity index (χ2n) is 4.91. The van der Waals surface area contributed by atoms with E-state index in [2.05, 4.69) is 5.32 Å². The topological polar surface area (TPSA) is 49.3 Å². The molecule has 2 aromatic rings. The first-order valence-corrected chi connectivity index (χ1v) is 7.14. The van der Waals surface area contributed by atoms with E-state index in [0.717, 1.165) is 5.56 Å². The molecule has 1 aromatic heterocycles. The second-order valence-corrected chi connectivity index (χ2v) is 5.69. The molecule has 2 rings (SSSR count). The maximum atomic E-state index is 13.8. The molecule has 0 spiro atoms. The largest absolute Gasteiger partial charge is 0.384 e. The van der Waals surface area contributed by atoms with Crippen molar-refractivity contribution in [1.82, 2.24) is 5.32 Å². The van der Waals surface area contributed by atoms with Crippen LogP contribution in [0.1, 0.15) is 28.4 Å². The number of thiophene rings is 1. The summed E-state index contributed by atoms with van der Waals surface area (Å²) in [6.07, 6.45) is 0. The maximum Gasteiger partial charge on any atom is 0.254 e. The smallest absolute Gasteiger partial charge is 0.254 e. The number of rotatable bonds is 4. The van der Waals surface area contributed by atoms with Gasteiger partial charge in [-0.3, -0.25) is 4.79 Å². The van der Waals surface area contributed by atoms with Crippen LogP contribution in [0, 0.1) is 12.7 Å². The van der Waals surface area contributed by atoms with Gasteiger partial charge in [-0.1, -0.05) is 12.1 Å². The minimum Gasteiger partial charge on any atom is -0.384 e. The van der Waals surface area contributed by atoms with E-state index in [4.69, 9.17) is 0 Å². The number of hydrogen-bond acceptors (Lipinski definition) is 3. The van der Waals surface area contributed by atoms with Crippen LogP contribution in [0.25, 0.3) is 0 Å². The zero-order chi connectivity index (χ0) is 14.8. The summed E-state index contributed by atoms with van der Waals surface area (Å²) in [5.41, 5.74) is -0.0310. The minimum absolute atomic E-state index is 0.00822. The molecule has 1 atom stereocenters. The van der Waals surface area contributed by atoms with Gasteiger partial charge in [0.1, 0.15) is 11.4 Å². The lowest BCUT2D eigenvalue weighted by molar-refractivity contribution is 0.0529. The fraction of sp³-hybridized carbons (Fsp3) is 0.267. The molecule has 0 aliphatic carbocycles. The summed E-state index contributed by atoms with van der Waals surface area (Å²) in [6, 6.07) is 6.46. The van der Waals surface area contributed by atoms with E-state index in [1.54, 1.807) is 32.0 Å². The highest BCUT2D eigenvalue weighted by Crippen LogP contribution is 2.22. The molecular weight excluding hydrogens is 277 g/mol. The number of aryl methyl sites for hydroxylation is 1. The average Bonchev–Trinajstić information content (AvgIpc) is 2.94. The molecule has 0 saturated carbocycles. The predicted molar refractivity (Wildman–Crippen MR) is 77.4 cm³/mol. The standard InChI is InChI=1S/C15H16FNO2S/c1-10-4-3-5-12(13(10)16)14(18)17-9-15(2,19)11-6-7-20-8-11/h3-8,19H,9H2,1-2H3,(H,17,18). The van der Waals surface area contributed by atoms with Gasteiger partial charge in [-0.05, 0) is 47.9 Å². The van der Waals surface area contributed by atoms with Gasteiger partial charge < -0.3 is 10.4 Å². The zero-order valence-corrected chi connectivity index (χ0v) is 12.1. The van der Waals surface area contributed by atoms with E-state index < -0.39 is 17.3 Å². The summed E-state index contributed by atoms with van der Waals surface area (Å²) in [5.74, 6) is -1.05. The molecule has 1 amide bonds. The zero-order valence-electron chi connectivity index (χ0n) is 11.3. The van der Waals surface area contributed by atoms with Crippen molar-refractivity contribution >= 4 is 17.2 Å². The first-order chi connectivity index (χ1) is 9.42. The van der Waals surface area contributed by atoms with E-state index in [9.17, 15) is 14.3 Å². The Bertz CT molecular complexity index is 608. The molecule has 5 heteroatoms. The fourth-order valence-electron chi connectivity index (χ4n) is 1.84. The Morgan fingerprint density at radius 1 is 1.45 bits per heavy atom. The van der Waals surface area contributed by atoms with Crippen LogP contribution >= 0.6 is 11.3 Å². The lowest BCUT2D eigenvalue weighted by Gasteiger charge is -2.22. The van der Waals surface area contributed by atoms with Crippen LogP contribution in [-0.2, 0) is 5.60 Å². The van der Waals surface area contributed by atoms with E-state index in [0.29, 0.717) is 5.56 Å². The maximum absolute atomic E-state index is 13.8. The van der Waals surface area contributed by atoms with Crippen LogP contribution in [0.3, 0.4) is 0 Å². The second kappa shape index (κ2) is 5.73. The average molecular weight is 293 g/mol. The molecule has 1 heterocycles. The van der Waals surface area contributed by atoms with E-state index in [1.165, 1.54) is 17.4 Å². The van der Waals surface area contributed by atoms with Gasteiger partial charge in [0, 0.05) is 0 Å². The van der Waals surface area contributed by atoms with E-state index in [-0.39, 0.29) is 12.1 Å². The Balaban J connectivity index is 2.08. The van der Waals surface area contributed by atoms with Crippen molar-refractivity contribution in [3.8, 4) is 0 Å². The third-order valence-corrected chi connectivity index (χ3v) is 3.86. The van der Waals surface area contributed by atoms with Crippen LogP contribution in [0.4, 0.5) is 4.39 Å². The minimum atomic E-state index is -1.17. The summed E-state index contributed by atoms with van der Waals surface area (Å²) in [5, 5.41) is 16.5. The van der Waals surface area contributed by atoms with Crippen molar-refractivity contribution in [2.75, 3.05) is 6.54 Å². The summed E-state index contributed by atoms with van der Waals surface area (Å²) >= 11 is 1.47. The van der Waals surface area contributed by atoms with Crippen molar-refractivity contribution in [1.29, 1.82) is 0 Å². The molecule has 0 radical (unpaired) electrons. The number of amides is 1. The molecule has 0 fully saturated rings. The van der Waals surface area contributed by atoms with Gasteiger partial charge in [0.25, 0.3) is 5.91 Å². The van der Waals surface area contributed by atoms with Crippen LogP contribution in [0.5, 0.6) is 0 Å². The van der Waals surface area contributed by atoms with Gasteiger partial charge in [0.05, 0.1) is 12.1 Å². The highest BCUT2D eigenvalue weighted by atomic mass is 32.1. The fourth-order valence-corrected chi connectivity index (χ4v) is 2.63. The molecule has 106 valence electrons. The molecule has 3 nitrogen and oxygen atoms in total. The number of halogens is 1. The first-order valence-electron chi connectivity index (χ1n) is 6.20. The Kier molecular flexibility index (Phi) is 4.20. The van der Waals surface area contributed by atoms with Gasteiger partial charge in [-0.15, -0.1) is 0 Å². The number of carbonyl (C=O) groups excluding carboxylic acids is 1. The van der Waals surface area contributed by atoms with Crippen LogP contribution in [0.15, 0.2) is 35.0 Å². The van der Waals surface area contributed by atoms with Crippen LogP contribution in [0.2, 0.25) is 0 Å². The quantitative estimate of drug-likeness (QED) is 0.910. The van der Waals surface area contributed by atoms with Crippen molar-refractivity contribution in [2.24, 2.45) is 0 Å². The Morgan fingerprint density at radius 3 is 2.85 bits per heavy atom. The number of hydrogen-bond donors (Lipinski definition) is 2. The number of benzene rings is 1. The monoisotopic (exact) mass is 293 g/mol. The SMILES string of the molecule is Cc1cccc(C(=O)NCC(C)(O)c2ccsc2)c1F. The van der Waals surface area contributed by atoms with Gasteiger partial charge in [-0.25, -0.2) is 4.39 Å². The van der Waals surface area contributed by atoms with Crippen molar-refractivity contribution in [2.45, 2.75) is 19.4 Å². The van der Waals surface area contributed by atoms with Crippen LogP contribution < -0.4 is 5.32 Å². The molecule has 0 saturated heterocycles. The lowest BCUT2D eigenvalue weighted by atomic mass is 9.99. The summed E-state index contributed by atoms with van der Waals surface area (Å²) in [7, 11) is 0. The van der Waals surface area contributed by atoms with Crippen molar-refractivity contribution in [3.05, 3.63) is 57.5 Å². The molecule has 0 aliphatic heterocycles. The Labute approximate surface area is 121 Å². The van der Waals surface area contributed by atoms with Gasteiger partial charge >= 0.3 is 0 Å². The third kappa shape index (κ3) is 3.05. The summed E-state index contributed by atoms with van der Waals surface area (Å²) in [6.45, 7) is 3.24. The van der Waals surface area contributed by atoms with Gasteiger partial charge in [0.2, 0.25) is 0 Å². The number of carbonyl (C=O) groups is 1. The highest BCUT2D eigenvalue weighted by molar-refractivity contribution is 7.08. The third-order valence-electron chi connectivity index (χ3n) is 3.17. The molecule has 2 N–H and O–H groups in total. The van der Waals surface area contributed by atoms with E-state index >= 15 is 0 Å². The molecule has 1 aromatic carbocycles.